The quantitative estimate of drug-likeness (QED) is 0.177. The van der Waals surface area contributed by atoms with Crippen molar-refractivity contribution in [2.45, 2.75) is 16.1 Å². The molecule has 0 N–H and O–H groups in total. The number of nitrogens with zero attached hydrogens (tertiary/aromatic N) is 4. The molecule has 4 aromatic heterocycles. The number of thioether (sulfide) groups is 1. The largest absolute Gasteiger partial charge is 0.455 e. The van der Waals surface area contributed by atoms with Crippen molar-refractivity contribution in [2.75, 3.05) is 0 Å². The summed E-state index contributed by atoms with van der Waals surface area (Å²) in [5.41, 5.74) is 8.76. The molecule has 0 spiro atoms. The van der Waals surface area contributed by atoms with Crippen molar-refractivity contribution >= 4 is 97.8 Å². The van der Waals surface area contributed by atoms with Crippen molar-refractivity contribution in [1.82, 2.24) is 19.5 Å². The van der Waals surface area contributed by atoms with Gasteiger partial charge in [-0.3, -0.25) is 0 Å². The SMILES string of the molecule is C1=CC2Sc3cc(-c4nc(-c5ccc6c(c5)sc5ccccc56)nc(-c5c(-n6c7ccccc7c7cc8ccccc8cc76)ccc6c5oc5ccccc56)n4)ccc3C2C=C1. The van der Waals surface area contributed by atoms with E-state index in [1.54, 1.807) is 11.3 Å². The molecule has 2 unspecified atom stereocenters. The summed E-state index contributed by atoms with van der Waals surface area (Å²) in [6, 6.07) is 56.6. The second-order valence-electron chi connectivity index (χ2n) is 16.2. The van der Waals surface area contributed by atoms with Crippen LogP contribution in [0.1, 0.15) is 11.5 Å². The van der Waals surface area contributed by atoms with Crippen LogP contribution in [0.5, 0.6) is 0 Å². The second kappa shape index (κ2) is 13.1. The Kier molecular flexibility index (Phi) is 7.26. The highest BCUT2D eigenvalue weighted by Crippen LogP contribution is 2.49. The van der Waals surface area contributed by atoms with E-state index in [1.165, 1.54) is 52.2 Å². The van der Waals surface area contributed by atoms with Gasteiger partial charge in [0.2, 0.25) is 0 Å². The Bertz CT molecular complexity index is 3940. The number of para-hydroxylation sites is 2. The summed E-state index contributed by atoms with van der Waals surface area (Å²) in [6.07, 6.45) is 8.96. The molecule has 5 heterocycles. The molecular weight excluding hydrogens is 797 g/mol. The summed E-state index contributed by atoms with van der Waals surface area (Å²) in [6.45, 7) is 0. The third-order valence-corrected chi connectivity index (χ3v) is 15.2. The van der Waals surface area contributed by atoms with Crippen LogP contribution in [-0.2, 0) is 0 Å². The van der Waals surface area contributed by atoms with Crippen LogP contribution in [0.4, 0.5) is 0 Å². The van der Waals surface area contributed by atoms with Crippen LogP contribution < -0.4 is 0 Å². The number of thiophene rings is 1. The highest BCUT2D eigenvalue weighted by Gasteiger charge is 2.32. The summed E-state index contributed by atoms with van der Waals surface area (Å²) in [5, 5.41) is 9.69. The molecule has 2 atom stereocenters. The summed E-state index contributed by atoms with van der Waals surface area (Å²) >= 11 is 3.71. The van der Waals surface area contributed by atoms with Crippen molar-refractivity contribution < 1.29 is 4.42 Å². The first kappa shape index (κ1) is 34.4. The third-order valence-electron chi connectivity index (χ3n) is 12.8. The van der Waals surface area contributed by atoms with Crippen LogP contribution >= 0.6 is 23.1 Å². The van der Waals surface area contributed by atoms with Gasteiger partial charge in [-0.05, 0) is 70.9 Å². The highest BCUT2D eigenvalue weighted by atomic mass is 32.2. The Balaban J connectivity index is 1.07. The molecule has 0 saturated heterocycles. The van der Waals surface area contributed by atoms with Gasteiger partial charge >= 0.3 is 0 Å². The fourth-order valence-corrected chi connectivity index (χ4v) is 12.4. The first-order valence-corrected chi connectivity index (χ1v) is 22.6. The predicted molar refractivity (Wildman–Crippen MR) is 259 cm³/mol. The van der Waals surface area contributed by atoms with Gasteiger partial charge in [-0.1, -0.05) is 127 Å². The lowest BCUT2D eigenvalue weighted by Crippen LogP contribution is -2.06. The zero-order valence-electron chi connectivity index (χ0n) is 33.0. The molecule has 7 heteroatoms. The molecule has 290 valence electrons. The van der Waals surface area contributed by atoms with Crippen molar-refractivity contribution in [2.24, 2.45) is 0 Å². The summed E-state index contributed by atoms with van der Waals surface area (Å²) in [5.74, 6) is 2.16. The molecule has 0 amide bonds. The Morgan fingerprint density at radius 1 is 0.500 bits per heavy atom. The number of benzene rings is 8. The van der Waals surface area contributed by atoms with Crippen LogP contribution in [0.25, 0.3) is 115 Å². The maximum Gasteiger partial charge on any atom is 0.170 e. The lowest BCUT2D eigenvalue weighted by Gasteiger charge is -2.16. The van der Waals surface area contributed by atoms with Gasteiger partial charge in [0.05, 0.1) is 22.3 Å². The molecule has 12 aromatic rings. The number of rotatable bonds is 4. The standard InChI is InChI=1S/C55H32N4OS2/c1-2-12-32-28-45-42(27-31(32)11-1)35-13-3-7-17-43(35)59(45)44-26-25-41-36-14-4-8-18-46(36)60-52(41)51(44)55-57-53(33-21-23-39-37-15-5-9-19-47(37)61-49(39)29-33)56-54(58-55)34-22-24-40-38-16-6-10-20-48(38)62-50(40)30-34/h1-30,37,47H. The number of aromatic nitrogens is 4. The Morgan fingerprint density at radius 3 is 2.10 bits per heavy atom. The number of allylic oxidation sites excluding steroid dienone is 3. The van der Waals surface area contributed by atoms with E-state index < -0.39 is 0 Å². The average Bonchev–Trinajstić information content (AvgIpc) is 4.08. The van der Waals surface area contributed by atoms with E-state index in [2.05, 4.69) is 174 Å². The minimum absolute atomic E-state index is 0.364. The molecule has 62 heavy (non-hydrogen) atoms. The van der Waals surface area contributed by atoms with Crippen molar-refractivity contribution in [1.29, 1.82) is 0 Å². The molecule has 14 rings (SSSR count). The molecule has 1 aliphatic heterocycles. The topological polar surface area (TPSA) is 56.7 Å². The van der Waals surface area contributed by atoms with E-state index in [9.17, 15) is 0 Å². The zero-order chi connectivity index (χ0) is 40.5. The van der Waals surface area contributed by atoms with Crippen molar-refractivity contribution in [3.8, 4) is 39.9 Å². The molecule has 1 aliphatic carbocycles. The first-order valence-electron chi connectivity index (χ1n) is 20.9. The van der Waals surface area contributed by atoms with Gasteiger partial charge in [0.15, 0.2) is 17.5 Å². The Hall–Kier alpha value is -7.32. The minimum Gasteiger partial charge on any atom is -0.455 e. The van der Waals surface area contributed by atoms with E-state index in [-0.39, 0.29) is 0 Å². The van der Waals surface area contributed by atoms with Crippen molar-refractivity contribution in [3.05, 3.63) is 188 Å². The van der Waals surface area contributed by atoms with Gasteiger partial charge in [-0.15, -0.1) is 23.1 Å². The highest BCUT2D eigenvalue weighted by molar-refractivity contribution is 8.00. The summed E-state index contributed by atoms with van der Waals surface area (Å²) in [4.78, 5) is 17.6. The lowest BCUT2D eigenvalue weighted by molar-refractivity contribution is 0.669. The van der Waals surface area contributed by atoms with Crippen LogP contribution in [-0.4, -0.2) is 24.8 Å². The Labute approximate surface area is 363 Å². The number of hydrogen-bond donors (Lipinski definition) is 0. The van der Waals surface area contributed by atoms with Crippen LogP contribution in [0, 0.1) is 0 Å². The van der Waals surface area contributed by atoms with Gasteiger partial charge in [0, 0.05) is 68.9 Å². The molecule has 0 radical (unpaired) electrons. The lowest BCUT2D eigenvalue weighted by atomic mass is 9.92. The summed E-state index contributed by atoms with van der Waals surface area (Å²) in [7, 11) is 0. The molecule has 0 saturated carbocycles. The number of fused-ring (bicyclic) bond motifs is 13. The van der Waals surface area contributed by atoms with E-state index in [0.717, 1.165) is 55.3 Å². The van der Waals surface area contributed by atoms with E-state index >= 15 is 0 Å². The molecule has 5 nitrogen and oxygen atoms in total. The van der Waals surface area contributed by atoms with Crippen LogP contribution in [0.15, 0.2) is 191 Å². The monoisotopic (exact) mass is 828 g/mol. The molecular formula is C55H32N4OS2. The molecule has 0 bridgehead atoms. The smallest absolute Gasteiger partial charge is 0.170 e. The molecule has 8 aromatic carbocycles. The predicted octanol–water partition coefficient (Wildman–Crippen LogP) is 15.1. The molecule has 0 fully saturated rings. The van der Waals surface area contributed by atoms with Gasteiger partial charge in [-0.25, -0.2) is 15.0 Å². The fraction of sp³-hybridized carbons (Fsp3) is 0.0364. The van der Waals surface area contributed by atoms with E-state index in [4.69, 9.17) is 19.4 Å². The Morgan fingerprint density at radius 2 is 1.19 bits per heavy atom. The van der Waals surface area contributed by atoms with E-state index in [1.807, 2.05) is 23.9 Å². The third kappa shape index (κ3) is 5.06. The van der Waals surface area contributed by atoms with Crippen LogP contribution in [0.3, 0.4) is 0 Å². The van der Waals surface area contributed by atoms with Gasteiger partial charge in [-0.2, -0.15) is 0 Å². The normalized spacial score (nSPS) is 15.9. The van der Waals surface area contributed by atoms with Crippen molar-refractivity contribution in [3.63, 3.8) is 0 Å². The fourth-order valence-electron chi connectivity index (χ4n) is 9.88. The van der Waals surface area contributed by atoms with Gasteiger partial charge in [0.25, 0.3) is 0 Å². The number of furan rings is 1. The maximum atomic E-state index is 6.94. The zero-order valence-corrected chi connectivity index (χ0v) is 34.6. The molecule has 2 aliphatic rings. The van der Waals surface area contributed by atoms with Gasteiger partial charge in [0.1, 0.15) is 11.2 Å². The number of hydrogen-bond acceptors (Lipinski definition) is 6. The average molecular weight is 829 g/mol. The summed E-state index contributed by atoms with van der Waals surface area (Å²) < 4.78 is 11.8. The maximum absolute atomic E-state index is 6.94. The second-order valence-corrected chi connectivity index (χ2v) is 18.6. The van der Waals surface area contributed by atoms with E-state index in [0.29, 0.717) is 28.6 Å². The first-order chi connectivity index (χ1) is 30.7. The van der Waals surface area contributed by atoms with Crippen LogP contribution in [0.2, 0.25) is 0 Å². The van der Waals surface area contributed by atoms with Gasteiger partial charge < -0.3 is 8.98 Å². The minimum atomic E-state index is 0.364.